The van der Waals surface area contributed by atoms with E-state index in [4.69, 9.17) is 0 Å². The molecule has 0 radical (unpaired) electrons. The van der Waals surface area contributed by atoms with E-state index in [1.54, 1.807) is 0 Å². The van der Waals surface area contributed by atoms with E-state index in [0.29, 0.717) is 5.56 Å². The second kappa shape index (κ2) is 5.85. The van der Waals surface area contributed by atoms with Crippen LogP contribution in [0.15, 0.2) is 48.5 Å². The Morgan fingerprint density at radius 2 is 1.68 bits per heavy atom. The van der Waals surface area contributed by atoms with Crippen molar-refractivity contribution in [3.8, 4) is 5.75 Å². The van der Waals surface area contributed by atoms with Crippen molar-refractivity contribution in [2.75, 3.05) is 0 Å². The molecule has 1 unspecified atom stereocenters. The Morgan fingerprint density at radius 3 is 2.37 bits per heavy atom. The van der Waals surface area contributed by atoms with Gasteiger partial charge in [-0.15, -0.1) is 0 Å². The standard InChI is InChI=1S/C16H18FNO/c1-11(13-6-4-3-5-7-13)18-12(2)15-10-14(17)8-9-16(15)19/h3-12,18-19H,1-2H3/t11-,12?/m0/s1. The largest absolute Gasteiger partial charge is 0.508 e. The number of aromatic hydroxyl groups is 1. The van der Waals surface area contributed by atoms with Gasteiger partial charge in [-0.1, -0.05) is 30.3 Å². The van der Waals surface area contributed by atoms with Crippen molar-refractivity contribution >= 4 is 0 Å². The second-order valence-corrected chi connectivity index (χ2v) is 4.72. The summed E-state index contributed by atoms with van der Waals surface area (Å²) in [7, 11) is 0. The molecular formula is C16H18FNO. The zero-order valence-corrected chi connectivity index (χ0v) is 11.1. The molecule has 0 aliphatic heterocycles. The molecule has 2 atom stereocenters. The summed E-state index contributed by atoms with van der Waals surface area (Å²) in [4.78, 5) is 0. The van der Waals surface area contributed by atoms with Crippen molar-refractivity contribution in [3.05, 3.63) is 65.5 Å². The predicted octanol–water partition coefficient (Wildman–Crippen LogP) is 3.94. The van der Waals surface area contributed by atoms with Gasteiger partial charge in [0.1, 0.15) is 11.6 Å². The van der Waals surface area contributed by atoms with Crippen molar-refractivity contribution < 1.29 is 9.50 Å². The average molecular weight is 259 g/mol. The van der Waals surface area contributed by atoms with Gasteiger partial charge in [0.05, 0.1) is 0 Å². The van der Waals surface area contributed by atoms with E-state index in [-0.39, 0.29) is 23.7 Å². The fourth-order valence-electron chi connectivity index (χ4n) is 2.17. The number of hydrogen-bond donors (Lipinski definition) is 2. The molecule has 0 bridgehead atoms. The number of benzene rings is 2. The first kappa shape index (κ1) is 13.6. The predicted molar refractivity (Wildman–Crippen MR) is 74.5 cm³/mol. The molecule has 2 rings (SSSR count). The van der Waals surface area contributed by atoms with E-state index < -0.39 is 0 Å². The molecule has 0 spiro atoms. The topological polar surface area (TPSA) is 32.3 Å². The first-order valence-corrected chi connectivity index (χ1v) is 6.37. The molecular weight excluding hydrogens is 241 g/mol. The smallest absolute Gasteiger partial charge is 0.123 e. The molecule has 0 amide bonds. The number of rotatable bonds is 4. The Bertz CT molecular complexity index is 542. The number of halogens is 1. The van der Waals surface area contributed by atoms with Gasteiger partial charge in [-0.3, -0.25) is 0 Å². The lowest BCUT2D eigenvalue weighted by Gasteiger charge is -2.21. The molecule has 0 aliphatic rings. The lowest BCUT2D eigenvalue weighted by atomic mass is 10.0. The summed E-state index contributed by atoms with van der Waals surface area (Å²) < 4.78 is 13.2. The lowest BCUT2D eigenvalue weighted by molar-refractivity contribution is 0.435. The van der Waals surface area contributed by atoms with Gasteiger partial charge in [0.15, 0.2) is 0 Å². The molecule has 2 aromatic carbocycles. The first-order chi connectivity index (χ1) is 9.08. The molecule has 3 heteroatoms. The maximum atomic E-state index is 13.2. The number of phenolic OH excluding ortho intramolecular Hbond substituents is 1. The van der Waals surface area contributed by atoms with Crippen LogP contribution in [0.2, 0.25) is 0 Å². The molecule has 0 saturated carbocycles. The van der Waals surface area contributed by atoms with E-state index in [9.17, 15) is 9.50 Å². The molecule has 19 heavy (non-hydrogen) atoms. The summed E-state index contributed by atoms with van der Waals surface area (Å²) in [5.41, 5.74) is 1.73. The number of nitrogens with one attached hydrogen (secondary N) is 1. The third kappa shape index (κ3) is 3.32. The van der Waals surface area contributed by atoms with Gasteiger partial charge in [0.2, 0.25) is 0 Å². The molecule has 0 aliphatic carbocycles. The van der Waals surface area contributed by atoms with Crippen molar-refractivity contribution in [2.24, 2.45) is 0 Å². The van der Waals surface area contributed by atoms with Gasteiger partial charge in [-0.25, -0.2) is 4.39 Å². The van der Waals surface area contributed by atoms with Crippen LogP contribution in [-0.4, -0.2) is 5.11 Å². The molecule has 2 aromatic rings. The van der Waals surface area contributed by atoms with Crippen LogP contribution in [0.1, 0.15) is 37.1 Å². The third-order valence-corrected chi connectivity index (χ3v) is 3.26. The van der Waals surface area contributed by atoms with E-state index >= 15 is 0 Å². The maximum Gasteiger partial charge on any atom is 0.123 e. The Morgan fingerprint density at radius 1 is 1.00 bits per heavy atom. The quantitative estimate of drug-likeness (QED) is 0.871. The minimum Gasteiger partial charge on any atom is -0.508 e. The summed E-state index contributed by atoms with van der Waals surface area (Å²) in [5.74, 6) is -0.226. The summed E-state index contributed by atoms with van der Waals surface area (Å²) in [6.07, 6.45) is 0. The minimum atomic E-state index is -0.339. The van der Waals surface area contributed by atoms with E-state index in [1.165, 1.54) is 18.2 Å². The van der Waals surface area contributed by atoms with Crippen LogP contribution in [0.25, 0.3) is 0 Å². The van der Waals surface area contributed by atoms with Crippen LogP contribution < -0.4 is 5.32 Å². The molecule has 2 N–H and O–H groups in total. The second-order valence-electron chi connectivity index (χ2n) is 4.72. The fourth-order valence-corrected chi connectivity index (χ4v) is 2.17. The van der Waals surface area contributed by atoms with Gasteiger partial charge in [-0.2, -0.15) is 0 Å². The van der Waals surface area contributed by atoms with Crippen molar-refractivity contribution in [3.63, 3.8) is 0 Å². The summed E-state index contributed by atoms with van der Waals surface area (Å²) in [6.45, 7) is 3.95. The molecule has 100 valence electrons. The Hall–Kier alpha value is -1.87. The summed E-state index contributed by atoms with van der Waals surface area (Å²) >= 11 is 0. The monoisotopic (exact) mass is 259 g/mol. The van der Waals surface area contributed by atoms with Gasteiger partial charge in [0, 0.05) is 17.6 Å². The van der Waals surface area contributed by atoms with Gasteiger partial charge < -0.3 is 10.4 Å². The lowest BCUT2D eigenvalue weighted by Crippen LogP contribution is -2.22. The van der Waals surface area contributed by atoms with E-state index in [2.05, 4.69) is 5.32 Å². The van der Waals surface area contributed by atoms with Gasteiger partial charge in [-0.05, 0) is 37.6 Å². The van der Waals surface area contributed by atoms with Crippen LogP contribution in [-0.2, 0) is 0 Å². The molecule has 0 aromatic heterocycles. The van der Waals surface area contributed by atoms with Crippen LogP contribution in [0.3, 0.4) is 0 Å². The highest BCUT2D eigenvalue weighted by atomic mass is 19.1. The molecule has 0 saturated heterocycles. The number of hydrogen-bond acceptors (Lipinski definition) is 2. The van der Waals surface area contributed by atoms with Gasteiger partial charge in [0.25, 0.3) is 0 Å². The fraction of sp³-hybridized carbons (Fsp3) is 0.250. The zero-order valence-electron chi connectivity index (χ0n) is 11.1. The first-order valence-electron chi connectivity index (χ1n) is 6.37. The summed E-state index contributed by atoms with van der Waals surface area (Å²) in [5, 5.41) is 13.1. The maximum absolute atomic E-state index is 13.2. The van der Waals surface area contributed by atoms with E-state index in [0.717, 1.165) is 5.56 Å². The number of phenols is 1. The highest BCUT2D eigenvalue weighted by Crippen LogP contribution is 2.26. The normalized spacial score (nSPS) is 14.1. The highest BCUT2D eigenvalue weighted by Gasteiger charge is 2.14. The van der Waals surface area contributed by atoms with Crippen molar-refractivity contribution in [2.45, 2.75) is 25.9 Å². The van der Waals surface area contributed by atoms with Crippen LogP contribution in [0.4, 0.5) is 4.39 Å². The Kier molecular flexibility index (Phi) is 4.17. The zero-order chi connectivity index (χ0) is 13.8. The van der Waals surface area contributed by atoms with E-state index in [1.807, 2.05) is 44.2 Å². The average Bonchev–Trinajstić information content (AvgIpc) is 2.42. The van der Waals surface area contributed by atoms with Gasteiger partial charge >= 0.3 is 0 Å². The van der Waals surface area contributed by atoms with Crippen LogP contribution in [0, 0.1) is 5.82 Å². The third-order valence-electron chi connectivity index (χ3n) is 3.26. The highest BCUT2D eigenvalue weighted by molar-refractivity contribution is 5.35. The molecule has 0 fully saturated rings. The molecule has 2 nitrogen and oxygen atoms in total. The SMILES string of the molecule is CC(N[C@@H](C)c1ccccc1)c1cc(F)ccc1O. The summed E-state index contributed by atoms with van der Waals surface area (Å²) in [6, 6.07) is 14.0. The molecule has 0 heterocycles. The Balaban J connectivity index is 2.13. The van der Waals surface area contributed by atoms with Crippen molar-refractivity contribution in [1.82, 2.24) is 5.32 Å². The Labute approximate surface area is 112 Å². The van der Waals surface area contributed by atoms with Crippen LogP contribution in [0.5, 0.6) is 5.75 Å². The van der Waals surface area contributed by atoms with Crippen molar-refractivity contribution in [1.29, 1.82) is 0 Å². The minimum absolute atomic E-state index is 0.113. The van der Waals surface area contributed by atoms with Crippen LogP contribution >= 0.6 is 0 Å².